The van der Waals surface area contributed by atoms with Crippen LogP contribution in [0.4, 0.5) is 0 Å². The van der Waals surface area contributed by atoms with E-state index in [2.05, 4.69) is 54.9 Å². The second-order valence-corrected chi connectivity index (χ2v) is 8.49. The second-order valence-electron chi connectivity index (χ2n) is 7.55. The number of hydrogen-bond donors (Lipinski definition) is 1. The van der Waals surface area contributed by atoms with Crippen molar-refractivity contribution in [1.29, 1.82) is 0 Å². The molecule has 2 aromatic rings. The van der Waals surface area contributed by atoms with Crippen LogP contribution in [0.5, 0.6) is 0 Å². The molecule has 0 bridgehead atoms. The minimum atomic E-state index is 0.0158. The van der Waals surface area contributed by atoms with Crippen LogP contribution < -0.4 is 5.32 Å². The van der Waals surface area contributed by atoms with Gasteiger partial charge in [0, 0.05) is 11.7 Å². The number of imidazole rings is 1. The highest BCUT2D eigenvalue weighted by atomic mass is 32.2. The molecule has 1 amide bonds. The number of nitrogens with zero attached hydrogens (tertiary/aromatic N) is 2. The molecule has 146 valence electrons. The van der Waals surface area contributed by atoms with Gasteiger partial charge in [0.1, 0.15) is 0 Å². The molecule has 1 N–H and O–H groups in total. The lowest BCUT2D eigenvalue weighted by Crippen LogP contribution is -2.28. The molecule has 0 saturated heterocycles. The standard InChI is InChI=1S/C22H31N3OS/c1-5-18-10-12-19(13-11-18)16(3)23-21(26)14-27-22-24-15(2)17(4)25(22)20-8-6-7-9-20/h10-13,16,20H,5-9,14H2,1-4H3,(H,23,26). The number of carbonyl (C=O) groups excluding carboxylic acids is 1. The van der Waals surface area contributed by atoms with Crippen LogP contribution in [0.1, 0.15) is 74.1 Å². The highest BCUT2D eigenvalue weighted by Crippen LogP contribution is 2.35. The molecule has 0 spiro atoms. The summed E-state index contributed by atoms with van der Waals surface area (Å²) in [5, 5.41) is 4.11. The van der Waals surface area contributed by atoms with Crippen molar-refractivity contribution >= 4 is 17.7 Å². The molecule has 5 heteroatoms. The zero-order valence-electron chi connectivity index (χ0n) is 16.9. The third-order valence-corrected chi connectivity index (χ3v) is 6.59. The third-order valence-electron chi connectivity index (χ3n) is 5.64. The van der Waals surface area contributed by atoms with E-state index in [1.165, 1.54) is 36.9 Å². The van der Waals surface area contributed by atoms with Gasteiger partial charge in [-0.3, -0.25) is 4.79 Å². The number of benzene rings is 1. The zero-order chi connectivity index (χ0) is 19.4. The SMILES string of the molecule is CCc1ccc(C(C)NC(=O)CSc2nc(C)c(C)n2C2CCCC2)cc1. The van der Waals surface area contributed by atoms with E-state index in [0.29, 0.717) is 11.8 Å². The van der Waals surface area contributed by atoms with Crippen LogP contribution in [0, 0.1) is 13.8 Å². The smallest absolute Gasteiger partial charge is 0.230 e. The summed E-state index contributed by atoms with van der Waals surface area (Å²) in [6, 6.07) is 9.05. The number of aromatic nitrogens is 2. The lowest BCUT2D eigenvalue weighted by Gasteiger charge is -2.17. The topological polar surface area (TPSA) is 46.9 Å². The van der Waals surface area contributed by atoms with Gasteiger partial charge in [-0.05, 0) is 51.2 Å². The van der Waals surface area contributed by atoms with Crippen LogP contribution >= 0.6 is 11.8 Å². The van der Waals surface area contributed by atoms with Crippen molar-refractivity contribution < 1.29 is 4.79 Å². The maximum Gasteiger partial charge on any atom is 0.230 e. The minimum Gasteiger partial charge on any atom is -0.349 e. The second kappa shape index (κ2) is 8.96. The lowest BCUT2D eigenvalue weighted by molar-refractivity contribution is -0.119. The summed E-state index contributed by atoms with van der Waals surface area (Å²) in [6.07, 6.45) is 6.06. The first kappa shape index (κ1) is 20.0. The largest absolute Gasteiger partial charge is 0.349 e. The van der Waals surface area contributed by atoms with Gasteiger partial charge in [-0.15, -0.1) is 0 Å². The van der Waals surface area contributed by atoms with Crippen molar-refractivity contribution in [3.63, 3.8) is 0 Å². The first-order valence-corrected chi connectivity index (χ1v) is 11.0. The van der Waals surface area contributed by atoms with Gasteiger partial charge in [0.2, 0.25) is 5.91 Å². The van der Waals surface area contributed by atoms with E-state index in [1.54, 1.807) is 11.8 Å². The first-order valence-electron chi connectivity index (χ1n) is 10.1. The van der Waals surface area contributed by atoms with Gasteiger partial charge in [-0.25, -0.2) is 4.98 Å². The Morgan fingerprint density at radius 2 is 1.93 bits per heavy atom. The molecule has 1 aliphatic rings. The molecule has 0 aliphatic heterocycles. The molecule has 1 saturated carbocycles. The molecule has 1 unspecified atom stereocenters. The molecule has 1 aromatic heterocycles. The number of thioether (sulfide) groups is 1. The molecule has 0 radical (unpaired) electrons. The average molecular weight is 386 g/mol. The molecule has 1 heterocycles. The van der Waals surface area contributed by atoms with Crippen LogP contribution in [0.15, 0.2) is 29.4 Å². The minimum absolute atomic E-state index is 0.0158. The van der Waals surface area contributed by atoms with Crippen molar-refractivity contribution in [3.8, 4) is 0 Å². The molecule has 3 rings (SSSR count). The third kappa shape index (κ3) is 4.75. The maximum atomic E-state index is 12.5. The van der Waals surface area contributed by atoms with E-state index < -0.39 is 0 Å². The molecule has 27 heavy (non-hydrogen) atoms. The fourth-order valence-electron chi connectivity index (χ4n) is 3.83. The van der Waals surface area contributed by atoms with Gasteiger partial charge in [-0.1, -0.05) is 55.8 Å². The summed E-state index contributed by atoms with van der Waals surface area (Å²) >= 11 is 1.56. The Morgan fingerprint density at radius 3 is 2.56 bits per heavy atom. The van der Waals surface area contributed by atoms with Crippen LogP contribution in [-0.2, 0) is 11.2 Å². The number of aryl methyl sites for hydroxylation is 2. The highest BCUT2D eigenvalue weighted by molar-refractivity contribution is 7.99. The monoisotopic (exact) mass is 385 g/mol. The lowest BCUT2D eigenvalue weighted by atomic mass is 10.1. The summed E-state index contributed by atoms with van der Waals surface area (Å²) < 4.78 is 2.37. The van der Waals surface area contributed by atoms with E-state index >= 15 is 0 Å². The summed E-state index contributed by atoms with van der Waals surface area (Å²) in [6.45, 7) is 8.40. The summed E-state index contributed by atoms with van der Waals surface area (Å²) in [5.41, 5.74) is 4.78. The normalized spacial score (nSPS) is 15.9. The van der Waals surface area contributed by atoms with Gasteiger partial charge in [0.05, 0.1) is 17.5 Å². The average Bonchev–Trinajstić information content (AvgIpc) is 3.28. The predicted molar refractivity (Wildman–Crippen MR) is 112 cm³/mol. The van der Waals surface area contributed by atoms with Crippen molar-refractivity contribution in [2.24, 2.45) is 0 Å². The van der Waals surface area contributed by atoms with E-state index in [0.717, 1.165) is 22.8 Å². The Morgan fingerprint density at radius 1 is 1.26 bits per heavy atom. The van der Waals surface area contributed by atoms with Gasteiger partial charge in [0.15, 0.2) is 5.16 Å². The van der Waals surface area contributed by atoms with E-state index in [4.69, 9.17) is 4.98 Å². The first-order chi connectivity index (χ1) is 13.0. The molecular formula is C22H31N3OS. The van der Waals surface area contributed by atoms with E-state index in [9.17, 15) is 4.79 Å². The summed E-state index contributed by atoms with van der Waals surface area (Å²) in [7, 11) is 0. The summed E-state index contributed by atoms with van der Waals surface area (Å²) in [4.78, 5) is 17.2. The molecule has 1 atom stereocenters. The van der Waals surface area contributed by atoms with Crippen LogP contribution in [-0.4, -0.2) is 21.2 Å². The summed E-state index contributed by atoms with van der Waals surface area (Å²) in [5.74, 6) is 0.461. The van der Waals surface area contributed by atoms with E-state index in [-0.39, 0.29) is 11.9 Å². The van der Waals surface area contributed by atoms with Gasteiger partial charge in [-0.2, -0.15) is 0 Å². The Bertz CT molecular complexity index is 776. The number of rotatable bonds is 7. The van der Waals surface area contributed by atoms with Crippen molar-refractivity contribution in [2.75, 3.05) is 5.75 Å². The van der Waals surface area contributed by atoms with Crippen molar-refractivity contribution in [1.82, 2.24) is 14.9 Å². The Labute approximate surface area is 167 Å². The van der Waals surface area contributed by atoms with Crippen molar-refractivity contribution in [2.45, 2.75) is 77.0 Å². The molecule has 1 aromatic carbocycles. The number of nitrogens with one attached hydrogen (secondary N) is 1. The van der Waals surface area contributed by atoms with Gasteiger partial charge in [0.25, 0.3) is 0 Å². The molecule has 1 fully saturated rings. The van der Waals surface area contributed by atoms with Crippen molar-refractivity contribution in [3.05, 3.63) is 46.8 Å². The van der Waals surface area contributed by atoms with Crippen LogP contribution in [0.2, 0.25) is 0 Å². The molecule has 1 aliphatic carbocycles. The number of amides is 1. The maximum absolute atomic E-state index is 12.5. The number of carbonyl (C=O) groups is 1. The van der Waals surface area contributed by atoms with E-state index in [1.807, 2.05) is 6.92 Å². The quantitative estimate of drug-likeness (QED) is 0.671. The molecular weight excluding hydrogens is 354 g/mol. The van der Waals surface area contributed by atoms with Gasteiger partial charge < -0.3 is 9.88 Å². The fraction of sp³-hybridized carbons (Fsp3) is 0.545. The number of hydrogen-bond acceptors (Lipinski definition) is 3. The fourth-order valence-corrected chi connectivity index (χ4v) is 4.80. The molecule has 4 nitrogen and oxygen atoms in total. The Balaban J connectivity index is 1.59. The Hall–Kier alpha value is -1.75. The van der Waals surface area contributed by atoms with Gasteiger partial charge >= 0.3 is 0 Å². The Kier molecular flexibility index (Phi) is 6.64. The van der Waals surface area contributed by atoms with Crippen LogP contribution in [0.3, 0.4) is 0 Å². The van der Waals surface area contributed by atoms with Crippen LogP contribution in [0.25, 0.3) is 0 Å². The zero-order valence-corrected chi connectivity index (χ0v) is 17.7. The predicted octanol–water partition coefficient (Wildman–Crippen LogP) is 5.15. The highest BCUT2D eigenvalue weighted by Gasteiger charge is 2.23.